The van der Waals surface area contributed by atoms with Crippen molar-refractivity contribution in [3.8, 4) is 11.1 Å². The minimum atomic E-state index is 0. The van der Waals surface area contributed by atoms with E-state index < -0.39 is 0 Å². The van der Waals surface area contributed by atoms with Gasteiger partial charge in [0, 0.05) is 23.3 Å². The number of benzene rings is 1. The van der Waals surface area contributed by atoms with Crippen LogP contribution in [-0.2, 0) is 0 Å². The molecule has 1 radical (unpaired) electrons. The van der Waals surface area contributed by atoms with Crippen LogP contribution in [0.4, 0.5) is 5.69 Å². The molecule has 2 N–H and O–H groups in total. The maximum atomic E-state index is 7.00. The van der Waals surface area contributed by atoms with E-state index in [1.807, 2.05) is 0 Å². The van der Waals surface area contributed by atoms with Crippen molar-refractivity contribution >= 4 is 13.4 Å². The first-order valence-electron chi connectivity index (χ1n) is 5.88. The Morgan fingerprint density at radius 1 is 1.06 bits per heavy atom. The van der Waals surface area contributed by atoms with Crippen molar-refractivity contribution in [2.45, 2.75) is 37.8 Å². The van der Waals surface area contributed by atoms with E-state index in [1.54, 1.807) is 11.3 Å². The van der Waals surface area contributed by atoms with E-state index in [1.165, 1.54) is 31.2 Å². The maximum Gasteiger partial charge on any atom is 0.482 e. The van der Waals surface area contributed by atoms with E-state index in [0.29, 0.717) is 0 Å². The Labute approximate surface area is 96.0 Å². The highest BCUT2D eigenvalue weighted by Gasteiger charge is 2.41. The Balaban J connectivity index is 0.000000247. The Bertz CT molecular complexity index is 390. The molecular weight excluding hydrogens is 201 g/mol. The van der Waals surface area contributed by atoms with Gasteiger partial charge in [0.1, 0.15) is 0 Å². The van der Waals surface area contributed by atoms with Gasteiger partial charge in [-0.25, -0.2) is 0 Å². The summed E-state index contributed by atoms with van der Waals surface area (Å²) in [6.45, 7) is 0. The highest BCUT2D eigenvalue weighted by atomic mass is 16.4. The van der Waals surface area contributed by atoms with Crippen LogP contribution in [0.25, 0.3) is 11.1 Å². The molecule has 2 fully saturated rings. The molecule has 3 nitrogen and oxygen atoms in total. The number of nitrogens with zero attached hydrogens (tertiary/aromatic N) is 1. The number of hydrogen-bond acceptors (Lipinski definition) is 3. The molecule has 16 heavy (non-hydrogen) atoms. The van der Waals surface area contributed by atoms with Gasteiger partial charge in [0.05, 0.1) is 0 Å². The van der Waals surface area contributed by atoms with Crippen LogP contribution >= 0.6 is 0 Å². The van der Waals surface area contributed by atoms with Crippen molar-refractivity contribution in [3.05, 3.63) is 18.2 Å². The van der Waals surface area contributed by atoms with E-state index in [-0.39, 0.29) is 7.69 Å². The van der Waals surface area contributed by atoms with Crippen LogP contribution in [0.5, 0.6) is 0 Å². The minimum Gasteiger partial charge on any atom is -0.429 e. The fraction of sp³-hybridized carbons (Fsp3) is 0.500. The summed E-state index contributed by atoms with van der Waals surface area (Å²) in [7, 11) is 0. The molecule has 4 aliphatic rings. The highest BCUT2D eigenvalue weighted by Crippen LogP contribution is 2.50. The monoisotopic (exact) mass is 216 g/mol. The smallest absolute Gasteiger partial charge is 0.429 e. The van der Waals surface area contributed by atoms with Crippen molar-refractivity contribution in [1.29, 1.82) is 0 Å². The van der Waals surface area contributed by atoms with Gasteiger partial charge in [0.25, 0.3) is 0 Å². The maximum absolute atomic E-state index is 7.00. The summed E-state index contributed by atoms with van der Waals surface area (Å²) in [6, 6.07) is 8.69. The van der Waals surface area contributed by atoms with Gasteiger partial charge in [-0.05, 0) is 43.4 Å². The van der Waals surface area contributed by atoms with Gasteiger partial charge in [0.2, 0.25) is 0 Å². The fourth-order valence-electron chi connectivity index (χ4n) is 2.36. The van der Waals surface area contributed by atoms with Crippen LogP contribution in [-0.4, -0.2) is 29.8 Å². The number of fused-ring (bicyclic) bond motifs is 1. The summed E-state index contributed by atoms with van der Waals surface area (Å²) in [5.41, 5.74) is 4.57. The molecule has 0 atom stereocenters. The Morgan fingerprint density at radius 2 is 1.62 bits per heavy atom. The van der Waals surface area contributed by atoms with Crippen LogP contribution in [0.3, 0.4) is 0 Å². The molecule has 0 aromatic rings. The number of hydrogen-bond donors (Lipinski definition) is 2. The molecule has 0 spiro atoms. The number of anilines is 1. The highest BCUT2D eigenvalue weighted by molar-refractivity contribution is 6.13. The van der Waals surface area contributed by atoms with Crippen molar-refractivity contribution in [3.63, 3.8) is 0 Å². The predicted octanol–water partition coefficient (Wildman–Crippen LogP) is 1.30. The molecule has 4 rings (SSSR count). The van der Waals surface area contributed by atoms with Gasteiger partial charge in [0.15, 0.2) is 0 Å². The molecule has 2 saturated carbocycles. The molecular formula is C12H15BNO2. The standard InChI is InChI=1S/C12H13N.BH2O2/c1-6-12(11-7-8(1)11)13(9-2-3-9)10-4-5-10;2-1-3/h1,6-7,9-10H,2-5H2;2-3H. The minimum absolute atomic E-state index is 0. The van der Waals surface area contributed by atoms with Gasteiger partial charge in [-0.3, -0.25) is 0 Å². The van der Waals surface area contributed by atoms with E-state index in [2.05, 4.69) is 23.1 Å². The summed E-state index contributed by atoms with van der Waals surface area (Å²) in [6.07, 6.45) is 5.71. The van der Waals surface area contributed by atoms with Crippen LogP contribution in [0.15, 0.2) is 18.2 Å². The van der Waals surface area contributed by atoms with Gasteiger partial charge >= 0.3 is 7.69 Å². The summed E-state index contributed by atoms with van der Waals surface area (Å²) < 4.78 is 0. The molecule has 0 heterocycles. The third-order valence-corrected chi connectivity index (χ3v) is 3.38. The molecule has 0 aliphatic heterocycles. The van der Waals surface area contributed by atoms with Crippen molar-refractivity contribution in [1.82, 2.24) is 0 Å². The molecule has 0 bridgehead atoms. The first-order chi connectivity index (χ1) is 7.85. The zero-order valence-corrected chi connectivity index (χ0v) is 9.13. The van der Waals surface area contributed by atoms with Crippen LogP contribution in [0, 0.1) is 0 Å². The second-order valence-corrected chi connectivity index (χ2v) is 4.72. The molecule has 4 aliphatic carbocycles. The summed E-state index contributed by atoms with van der Waals surface area (Å²) >= 11 is 0. The van der Waals surface area contributed by atoms with E-state index in [9.17, 15) is 0 Å². The summed E-state index contributed by atoms with van der Waals surface area (Å²) in [5, 5.41) is 14.0. The third kappa shape index (κ3) is 1.83. The molecule has 0 amide bonds. The first-order valence-corrected chi connectivity index (χ1v) is 5.88. The second kappa shape index (κ2) is 3.79. The van der Waals surface area contributed by atoms with E-state index >= 15 is 0 Å². The van der Waals surface area contributed by atoms with Crippen LogP contribution in [0.1, 0.15) is 25.7 Å². The van der Waals surface area contributed by atoms with Gasteiger partial charge in [-0.1, -0.05) is 6.07 Å². The fourth-order valence-corrected chi connectivity index (χ4v) is 2.36. The van der Waals surface area contributed by atoms with Crippen molar-refractivity contribution < 1.29 is 10.0 Å². The predicted molar refractivity (Wildman–Crippen MR) is 64.2 cm³/mol. The van der Waals surface area contributed by atoms with E-state index in [0.717, 1.165) is 12.1 Å². The van der Waals surface area contributed by atoms with Gasteiger partial charge in [-0.15, -0.1) is 0 Å². The number of rotatable bonds is 3. The zero-order valence-electron chi connectivity index (χ0n) is 9.13. The zero-order chi connectivity index (χ0) is 11.1. The molecule has 0 saturated heterocycles. The lowest BCUT2D eigenvalue weighted by Gasteiger charge is -2.23. The molecule has 4 heteroatoms. The molecule has 0 aromatic heterocycles. The normalized spacial score (nSPS) is 19.6. The van der Waals surface area contributed by atoms with Crippen molar-refractivity contribution in [2.75, 3.05) is 4.90 Å². The summed E-state index contributed by atoms with van der Waals surface area (Å²) in [4.78, 5) is 2.70. The SMILES string of the molecule is O[B]O.c1cc(N(C2CC2)C2CC2)c2cc1-2. The molecule has 83 valence electrons. The Kier molecular flexibility index (Phi) is 2.41. The Morgan fingerprint density at radius 3 is 1.94 bits per heavy atom. The van der Waals surface area contributed by atoms with Gasteiger partial charge in [-0.2, -0.15) is 0 Å². The Hall–Kier alpha value is -0.995. The van der Waals surface area contributed by atoms with E-state index in [4.69, 9.17) is 10.0 Å². The average molecular weight is 216 g/mol. The summed E-state index contributed by atoms with van der Waals surface area (Å²) in [5.74, 6) is 0. The van der Waals surface area contributed by atoms with Gasteiger partial charge < -0.3 is 14.9 Å². The van der Waals surface area contributed by atoms with Crippen molar-refractivity contribution in [2.24, 2.45) is 0 Å². The lowest BCUT2D eigenvalue weighted by molar-refractivity contribution is 0.448. The third-order valence-electron chi connectivity index (χ3n) is 3.38. The van der Waals surface area contributed by atoms with Crippen LogP contribution in [0.2, 0.25) is 0 Å². The lowest BCUT2D eigenvalue weighted by atomic mass is 10.3. The van der Waals surface area contributed by atoms with Crippen LogP contribution < -0.4 is 4.90 Å². The average Bonchev–Trinajstić information content (AvgIpc) is 3.08. The topological polar surface area (TPSA) is 43.7 Å². The largest absolute Gasteiger partial charge is 0.482 e. The quantitative estimate of drug-likeness (QED) is 0.760. The molecule has 0 aromatic carbocycles. The first kappa shape index (κ1) is 10.2. The molecule has 0 unspecified atom stereocenters. The second-order valence-electron chi connectivity index (χ2n) is 4.72. The lowest BCUT2D eigenvalue weighted by Crippen LogP contribution is -2.27.